The molecule has 2 nitrogen and oxygen atoms in total. The lowest BCUT2D eigenvalue weighted by Gasteiger charge is -2.13. The van der Waals surface area contributed by atoms with Crippen LogP contribution in [0.2, 0.25) is 5.02 Å². The normalized spacial score (nSPS) is 14.0. The molecule has 0 heterocycles. The van der Waals surface area contributed by atoms with E-state index >= 15 is 0 Å². The maximum absolute atomic E-state index is 12.3. The van der Waals surface area contributed by atoms with E-state index in [0.717, 1.165) is 18.2 Å². The third-order valence-electron chi connectivity index (χ3n) is 1.91. The molecule has 0 bridgehead atoms. The standard InChI is InChI=1S/C9H9ClF3NO/c10-7-2-1-5(9(11,12)13)3-6(7)8(15)4-14/h1-3,8,15H,4,14H2. The second-order valence-corrected chi connectivity index (χ2v) is 3.39. The summed E-state index contributed by atoms with van der Waals surface area (Å²) in [5.74, 6) is 0. The van der Waals surface area contributed by atoms with Gasteiger partial charge in [-0.15, -0.1) is 0 Å². The van der Waals surface area contributed by atoms with Gasteiger partial charge in [0.25, 0.3) is 0 Å². The van der Waals surface area contributed by atoms with Crippen molar-refractivity contribution in [3.05, 3.63) is 34.3 Å². The zero-order valence-electron chi connectivity index (χ0n) is 7.55. The molecule has 0 saturated heterocycles. The molecule has 0 saturated carbocycles. The third-order valence-corrected chi connectivity index (χ3v) is 2.25. The maximum atomic E-state index is 12.3. The lowest BCUT2D eigenvalue weighted by atomic mass is 10.1. The summed E-state index contributed by atoms with van der Waals surface area (Å²) >= 11 is 5.64. The third kappa shape index (κ3) is 2.84. The van der Waals surface area contributed by atoms with Crippen molar-refractivity contribution in [2.75, 3.05) is 6.54 Å². The second-order valence-electron chi connectivity index (χ2n) is 2.99. The SMILES string of the molecule is NCC(O)c1cc(C(F)(F)F)ccc1Cl. The van der Waals surface area contributed by atoms with Crippen molar-refractivity contribution in [1.29, 1.82) is 0 Å². The van der Waals surface area contributed by atoms with Crippen molar-refractivity contribution in [3.63, 3.8) is 0 Å². The van der Waals surface area contributed by atoms with Gasteiger partial charge in [0.05, 0.1) is 11.7 Å². The zero-order valence-corrected chi connectivity index (χ0v) is 8.31. The Bertz CT molecular complexity index is 354. The summed E-state index contributed by atoms with van der Waals surface area (Å²) in [6.07, 6.45) is -5.63. The summed E-state index contributed by atoms with van der Waals surface area (Å²) < 4.78 is 36.9. The van der Waals surface area contributed by atoms with E-state index in [-0.39, 0.29) is 17.1 Å². The van der Waals surface area contributed by atoms with E-state index in [4.69, 9.17) is 17.3 Å². The van der Waals surface area contributed by atoms with Gasteiger partial charge in [0.1, 0.15) is 0 Å². The predicted octanol–water partition coefficient (Wildman–Crippen LogP) is 2.35. The van der Waals surface area contributed by atoms with Crippen molar-refractivity contribution in [1.82, 2.24) is 0 Å². The van der Waals surface area contributed by atoms with Gasteiger partial charge in [-0.2, -0.15) is 13.2 Å². The van der Waals surface area contributed by atoms with Gasteiger partial charge >= 0.3 is 6.18 Å². The molecule has 0 aromatic heterocycles. The Balaban J connectivity index is 3.17. The lowest BCUT2D eigenvalue weighted by Crippen LogP contribution is -2.13. The molecule has 0 radical (unpaired) electrons. The van der Waals surface area contributed by atoms with Crippen LogP contribution in [0, 0.1) is 0 Å². The number of benzene rings is 1. The molecule has 1 aromatic carbocycles. The van der Waals surface area contributed by atoms with Crippen LogP contribution in [0.5, 0.6) is 0 Å². The van der Waals surface area contributed by atoms with E-state index in [0.29, 0.717) is 0 Å². The number of halogens is 4. The molecule has 1 aromatic rings. The van der Waals surface area contributed by atoms with Crippen molar-refractivity contribution < 1.29 is 18.3 Å². The van der Waals surface area contributed by atoms with Gasteiger partial charge in [-0.05, 0) is 18.2 Å². The number of hydrogen-bond acceptors (Lipinski definition) is 2. The Morgan fingerprint density at radius 3 is 2.47 bits per heavy atom. The van der Waals surface area contributed by atoms with Gasteiger partial charge in [-0.25, -0.2) is 0 Å². The summed E-state index contributed by atoms with van der Waals surface area (Å²) in [5, 5.41) is 9.39. The lowest BCUT2D eigenvalue weighted by molar-refractivity contribution is -0.137. The molecule has 84 valence electrons. The first-order valence-electron chi connectivity index (χ1n) is 4.11. The van der Waals surface area contributed by atoms with E-state index in [1.165, 1.54) is 0 Å². The van der Waals surface area contributed by atoms with Crippen LogP contribution < -0.4 is 5.73 Å². The number of rotatable bonds is 2. The van der Waals surface area contributed by atoms with Gasteiger partial charge in [0.15, 0.2) is 0 Å². The molecule has 15 heavy (non-hydrogen) atoms. The van der Waals surface area contributed by atoms with Gasteiger partial charge in [-0.3, -0.25) is 0 Å². The van der Waals surface area contributed by atoms with Crippen LogP contribution in [0.25, 0.3) is 0 Å². The molecule has 0 aliphatic heterocycles. The molecule has 1 rings (SSSR count). The summed E-state index contributed by atoms with van der Waals surface area (Å²) in [7, 11) is 0. The monoisotopic (exact) mass is 239 g/mol. The van der Waals surface area contributed by atoms with Crippen molar-refractivity contribution >= 4 is 11.6 Å². The quantitative estimate of drug-likeness (QED) is 0.832. The first kappa shape index (κ1) is 12.3. The Labute approximate surface area is 89.5 Å². The minimum Gasteiger partial charge on any atom is -0.387 e. The highest BCUT2D eigenvalue weighted by atomic mass is 35.5. The number of alkyl halides is 3. The molecule has 1 atom stereocenters. The molecular formula is C9H9ClF3NO. The average Bonchev–Trinajstić information content (AvgIpc) is 2.15. The molecule has 1 unspecified atom stereocenters. The van der Waals surface area contributed by atoms with Crippen molar-refractivity contribution in [2.45, 2.75) is 12.3 Å². The van der Waals surface area contributed by atoms with Gasteiger partial charge < -0.3 is 10.8 Å². The summed E-state index contributed by atoms with van der Waals surface area (Å²) in [4.78, 5) is 0. The molecule has 0 amide bonds. The van der Waals surface area contributed by atoms with Crippen LogP contribution >= 0.6 is 11.6 Å². The van der Waals surface area contributed by atoms with Crippen LogP contribution in [0.1, 0.15) is 17.2 Å². The Morgan fingerprint density at radius 1 is 1.40 bits per heavy atom. The number of hydrogen-bond donors (Lipinski definition) is 2. The van der Waals surface area contributed by atoms with E-state index in [1.54, 1.807) is 0 Å². The molecule has 0 aliphatic carbocycles. The number of nitrogens with two attached hydrogens (primary N) is 1. The minimum absolute atomic E-state index is 0.00556. The summed E-state index contributed by atoms with van der Waals surface area (Å²) in [6, 6.07) is 2.76. The molecule has 6 heteroatoms. The molecular weight excluding hydrogens is 231 g/mol. The molecule has 0 aliphatic rings. The van der Waals surface area contributed by atoms with Gasteiger partial charge in [0, 0.05) is 17.1 Å². The number of aliphatic hydroxyl groups is 1. The van der Waals surface area contributed by atoms with Crippen LogP contribution in [0.3, 0.4) is 0 Å². The molecule has 0 fully saturated rings. The molecule has 3 N–H and O–H groups in total. The van der Waals surface area contributed by atoms with Crippen LogP contribution in [0.15, 0.2) is 18.2 Å². The summed E-state index contributed by atoms with van der Waals surface area (Å²) in [5.41, 5.74) is 4.28. The summed E-state index contributed by atoms with van der Waals surface area (Å²) in [6.45, 7) is -0.180. The topological polar surface area (TPSA) is 46.2 Å². The number of aliphatic hydroxyl groups excluding tert-OH is 1. The highest BCUT2D eigenvalue weighted by Gasteiger charge is 2.31. The largest absolute Gasteiger partial charge is 0.416 e. The van der Waals surface area contributed by atoms with Crippen LogP contribution in [-0.2, 0) is 6.18 Å². The first-order chi connectivity index (χ1) is 6.86. The predicted molar refractivity (Wildman–Crippen MR) is 50.5 cm³/mol. The smallest absolute Gasteiger partial charge is 0.387 e. The average molecular weight is 240 g/mol. The highest BCUT2D eigenvalue weighted by Crippen LogP contribution is 2.33. The van der Waals surface area contributed by atoms with Gasteiger partial charge in [0.2, 0.25) is 0 Å². The van der Waals surface area contributed by atoms with E-state index in [1.807, 2.05) is 0 Å². The zero-order chi connectivity index (χ0) is 11.6. The van der Waals surface area contributed by atoms with Crippen LogP contribution in [0.4, 0.5) is 13.2 Å². The fraction of sp³-hybridized carbons (Fsp3) is 0.333. The minimum atomic E-state index is -4.45. The van der Waals surface area contributed by atoms with Crippen LogP contribution in [-0.4, -0.2) is 11.7 Å². The second kappa shape index (κ2) is 4.38. The first-order valence-corrected chi connectivity index (χ1v) is 4.49. The Kier molecular flexibility index (Phi) is 3.59. The highest BCUT2D eigenvalue weighted by molar-refractivity contribution is 6.31. The van der Waals surface area contributed by atoms with E-state index in [2.05, 4.69) is 0 Å². The van der Waals surface area contributed by atoms with E-state index in [9.17, 15) is 18.3 Å². The van der Waals surface area contributed by atoms with Crippen molar-refractivity contribution in [3.8, 4) is 0 Å². The van der Waals surface area contributed by atoms with Gasteiger partial charge in [-0.1, -0.05) is 11.6 Å². The fourth-order valence-electron chi connectivity index (χ4n) is 1.10. The Hall–Kier alpha value is -0.780. The fourth-order valence-corrected chi connectivity index (χ4v) is 1.35. The van der Waals surface area contributed by atoms with Crippen molar-refractivity contribution in [2.24, 2.45) is 5.73 Å². The Morgan fingerprint density at radius 2 is 2.00 bits per heavy atom. The molecule has 0 spiro atoms. The van der Waals surface area contributed by atoms with E-state index < -0.39 is 17.8 Å². The maximum Gasteiger partial charge on any atom is 0.416 e.